The van der Waals surface area contributed by atoms with Crippen molar-refractivity contribution in [2.75, 3.05) is 14.2 Å². The third kappa shape index (κ3) is 2.60. The predicted octanol–water partition coefficient (Wildman–Crippen LogP) is 1.75. The number of aliphatic hydroxyl groups is 1. The summed E-state index contributed by atoms with van der Waals surface area (Å²) in [5.41, 5.74) is 0.757. The second kappa shape index (κ2) is 5.92. The molecule has 6 nitrogen and oxygen atoms in total. The molecule has 0 unspecified atom stereocenters. The minimum atomic E-state index is -1.07. The van der Waals surface area contributed by atoms with Gasteiger partial charge in [-0.25, -0.2) is 0 Å². The number of nitrogens with zero attached hydrogens (tertiary/aromatic N) is 1. The molecule has 1 aromatic carbocycles. The molecule has 2 rings (SSSR count). The van der Waals surface area contributed by atoms with Crippen molar-refractivity contribution in [3.8, 4) is 11.5 Å². The molecule has 0 spiro atoms. The Hall–Kier alpha value is -2.08. The van der Waals surface area contributed by atoms with E-state index in [1.165, 1.54) is 20.3 Å². The van der Waals surface area contributed by atoms with E-state index in [1.54, 1.807) is 24.3 Å². The zero-order valence-electron chi connectivity index (χ0n) is 11.4. The fraction of sp³-hybridized carbons (Fsp3) is 0.429. The number of allylic oxidation sites excluding steroid dienone is 1. The molecule has 0 bridgehead atoms. The van der Waals surface area contributed by atoms with Gasteiger partial charge in [0.1, 0.15) is 6.10 Å². The summed E-state index contributed by atoms with van der Waals surface area (Å²) in [5.74, 6) is 0.710. The molecule has 0 radical (unpaired) electrons. The number of nitro groups is 1. The molecule has 1 aliphatic carbocycles. The smallest absolute Gasteiger partial charge is 0.249 e. The normalized spacial score (nSPS) is 25.2. The van der Waals surface area contributed by atoms with Crippen molar-refractivity contribution < 1.29 is 19.5 Å². The van der Waals surface area contributed by atoms with E-state index in [2.05, 4.69) is 0 Å². The number of hydrogen-bond donors (Lipinski definition) is 1. The number of ether oxygens (including phenoxy) is 2. The van der Waals surface area contributed by atoms with E-state index in [1.807, 2.05) is 0 Å². The molecule has 0 fully saturated rings. The summed E-state index contributed by atoms with van der Waals surface area (Å²) >= 11 is 0. The average molecular weight is 279 g/mol. The number of methoxy groups -OCH3 is 2. The Morgan fingerprint density at radius 3 is 2.60 bits per heavy atom. The molecule has 3 atom stereocenters. The molecule has 1 aromatic rings. The summed E-state index contributed by atoms with van der Waals surface area (Å²) in [4.78, 5) is 10.8. The van der Waals surface area contributed by atoms with E-state index >= 15 is 0 Å². The van der Waals surface area contributed by atoms with Gasteiger partial charge in [0.15, 0.2) is 11.5 Å². The summed E-state index contributed by atoms with van der Waals surface area (Å²) in [5, 5.41) is 21.0. The standard InChI is InChI=1S/C14H17NO5/c1-19-12-7-6-9(8-13(12)20-2)10-4-3-5-11(16)14(10)15(17)18/h3,5-8,10-11,14,16H,4H2,1-2H3/t10-,11+,14-/m1/s1. The van der Waals surface area contributed by atoms with Crippen LogP contribution in [0.1, 0.15) is 17.9 Å². The number of aliphatic hydroxyl groups excluding tert-OH is 1. The molecule has 0 saturated carbocycles. The van der Waals surface area contributed by atoms with E-state index in [-0.39, 0.29) is 5.92 Å². The molecule has 1 aliphatic rings. The summed E-state index contributed by atoms with van der Waals surface area (Å²) < 4.78 is 10.4. The summed E-state index contributed by atoms with van der Waals surface area (Å²) in [6.45, 7) is 0. The Bertz CT molecular complexity index is 528. The molecular weight excluding hydrogens is 262 g/mol. The van der Waals surface area contributed by atoms with Crippen molar-refractivity contribution in [2.24, 2.45) is 0 Å². The first-order chi connectivity index (χ1) is 9.58. The lowest BCUT2D eigenvalue weighted by atomic mass is 9.82. The van der Waals surface area contributed by atoms with Crippen molar-refractivity contribution in [2.45, 2.75) is 24.5 Å². The van der Waals surface area contributed by atoms with Crippen LogP contribution in [0.3, 0.4) is 0 Å². The van der Waals surface area contributed by atoms with E-state index in [4.69, 9.17) is 9.47 Å². The minimum Gasteiger partial charge on any atom is -0.493 e. The third-order valence-corrected chi connectivity index (χ3v) is 3.56. The van der Waals surface area contributed by atoms with Crippen LogP contribution < -0.4 is 9.47 Å². The highest BCUT2D eigenvalue weighted by molar-refractivity contribution is 5.44. The van der Waals surface area contributed by atoms with Crippen molar-refractivity contribution in [1.29, 1.82) is 0 Å². The van der Waals surface area contributed by atoms with Crippen molar-refractivity contribution in [3.05, 3.63) is 46.0 Å². The van der Waals surface area contributed by atoms with Gasteiger partial charge in [-0.1, -0.05) is 18.2 Å². The first kappa shape index (κ1) is 14.3. The lowest BCUT2D eigenvalue weighted by molar-refractivity contribution is -0.536. The Morgan fingerprint density at radius 1 is 1.30 bits per heavy atom. The van der Waals surface area contributed by atoms with Gasteiger partial charge in [-0.3, -0.25) is 10.1 Å². The third-order valence-electron chi connectivity index (χ3n) is 3.56. The van der Waals surface area contributed by atoms with Gasteiger partial charge in [0, 0.05) is 4.92 Å². The van der Waals surface area contributed by atoms with Crippen LogP contribution >= 0.6 is 0 Å². The Kier molecular flexibility index (Phi) is 4.24. The van der Waals surface area contributed by atoms with Crippen molar-refractivity contribution in [1.82, 2.24) is 0 Å². The zero-order valence-corrected chi connectivity index (χ0v) is 11.4. The fourth-order valence-electron chi connectivity index (χ4n) is 2.54. The first-order valence-corrected chi connectivity index (χ1v) is 6.28. The second-order valence-corrected chi connectivity index (χ2v) is 4.65. The fourth-order valence-corrected chi connectivity index (χ4v) is 2.54. The lowest BCUT2D eigenvalue weighted by Gasteiger charge is -2.26. The Balaban J connectivity index is 2.39. The van der Waals surface area contributed by atoms with Gasteiger partial charge in [0.2, 0.25) is 6.04 Å². The summed E-state index contributed by atoms with van der Waals surface area (Å²) in [7, 11) is 3.05. The van der Waals surface area contributed by atoms with Crippen LogP contribution in [-0.4, -0.2) is 36.4 Å². The van der Waals surface area contributed by atoms with Crippen LogP contribution in [0.15, 0.2) is 30.4 Å². The van der Waals surface area contributed by atoms with Crippen molar-refractivity contribution >= 4 is 0 Å². The molecule has 0 heterocycles. The van der Waals surface area contributed by atoms with Crippen LogP contribution in [0, 0.1) is 10.1 Å². The van der Waals surface area contributed by atoms with Crippen molar-refractivity contribution in [3.63, 3.8) is 0 Å². The highest BCUT2D eigenvalue weighted by Crippen LogP contribution is 2.36. The Morgan fingerprint density at radius 2 is 2.00 bits per heavy atom. The second-order valence-electron chi connectivity index (χ2n) is 4.65. The largest absolute Gasteiger partial charge is 0.493 e. The quantitative estimate of drug-likeness (QED) is 0.516. The maximum atomic E-state index is 11.2. The molecule has 0 aromatic heterocycles. The van der Waals surface area contributed by atoms with E-state index in [9.17, 15) is 15.2 Å². The molecule has 108 valence electrons. The van der Waals surface area contributed by atoms with Gasteiger partial charge in [-0.15, -0.1) is 0 Å². The van der Waals surface area contributed by atoms with Gasteiger partial charge in [0.05, 0.1) is 20.1 Å². The monoisotopic (exact) mass is 279 g/mol. The van der Waals surface area contributed by atoms with Gasteiger partial charge < -0.3 is 14.6 Å². The molecule has 0 amide bonds. The maximum absolute atomic E-state index is 11.2. The van der Waals surface area contributed by atoms with Crippen LogP contribution in [0.4, 0.5) is 0 Å². The van der Waals surface area contributed by atoms with Crippen LogP contribution in [0.5, 0.6) is 11.5 Å². The van der Waals surface area contributed by atoms with E-state index < -0.39 is 17.1 Å². The number of rotatable bonds is 4. The Labute approximate surface area is 116 Å². The molecule has 1 N–H and O–H groups in total. The first-order valence-electron chi connectivity index (χ1n) is 6.28. The summed E-state index contributed by atoms with van der Waals surface area (Å²) in [6, 6.07) is 4.17. The SMILES string of the molecule is COc1ccc([C@H]2CC=C[C@H](O)[C@@H]2[N+](=O)[O-])cc1OC. The molecule has 6 heteroatoms. The number of benzene rings is 1. The van der Waals surface area contributed by atoms with E-state index in [0.29, 0.717) is 17.9 Å². The molecular formula is C14H17NO5. The van der Waals surface area contributed by atoms with Crippen LogP contribution in [-0.2, 0) is 0 Å². The highest BCUT2D eigenvalue weighted by atomic mass is 16.6. The molecule has 0 aliphatic heterocycles. The topological polar surface area (TPSA) is 81.8 Å². The lowest BCUT2D eigenvalue weighted by Crippen LogP contribution is -2.39. The van der Waals surface area contributed by atoms with Gasteiger partial charge in [-0.05, 0) is 24.1 Å². The minimum absolute atomic E-state index is 0.384. The highest BCUT2D eigenvalue weighted by Gasteiger charge is 2.40. The van der Waals surface area contributed by atoms with Crippen LogP contribution in [0.2, 0.25) is 0 Å². The van der Waals surface area contributed by atoms with Crippen LogP contribution in [0.25, 0.3) is 0 Å². The van der Waals surface area contributed by atoms with Gasteiger partial charge in [0.25, 0.3) is 0 Å². The maximum Gasteiger partial charge on any atom is 0.249 e. The average Bonchev–Trinajstić information content (AvgIpc) is 2.45. The number of hydrogen-bond acceptors (Lipinski definition) is 5. The van der Waals surface area contributed by atoms with Gasteiger partial charge in [-0.2, -0.15) is 0 Å². The van der Waals surface area contributed by atoms with Gasteiger partial charge >= 0.3 is 0 Å². The predicted molar refractivity (Wildman–Crippen MR) is 72.8 cm³/mol. The molecule has 0 saturated heterocycles. The molecule has 20 heavy (non-hydrogen) atoms. The van der Waals surface area contributed by atoms with E-state index in [0.717, 1.165) is 5.56 Å². The summed E-state index contributed by atoms with van der Waals surface area (Å²) in [6.07, 6.45) is 2.69. The zero-order chi connectivity index (χ0) is 14.7.